The normalized spacial score (nSPS) is 8.00. The second-order valence-corrected chi connectivity index (χ2v) is 3.13. The summed E-state index contributed by atoms with van der Waals surface area (Å²) in [6, 6.07) is 5.44. The van der Waals surface area contributed by atoms with Crippen LogP contribution in [0.25, 0.3) is 0 Å². The summed E-state index contributed by atoms with van der Waals surface area (Å²) in [6.07, 6.45) is 9.89. The van der Waals surface area contributed by atoms with Crippen LogP contribution >= 0.6 is 11.3 Å². The van der Waals surface area contributed by atoms with Gasteiger partial charge in [0.2, 0.25) is 0 Å². The minimum absolute atomic E-state index is 1.50. The van der Waals surface area contributed by atoms with Gasteiger partial charge in [0.15, 0.2) is 0 Å². The van der Waals surface area contributed by atoms with Gasteiger partial charge in [-0.15, -0.1) is 11.3 Å². The highest BCUT2D eigenvalue weighted by atomic mass is 32.1. The predicted octanol–water partition coefficient (Wildman–Crippen LogP) is 2.90. The highest BCUT2D eigenvalue weighted by Gasteiger charge is 1.60. The van der Waals surface area contributed by atoms with E-state index >= 15 is 0 Å². The molecule has 0 N–H and O–H groups in total. The number of rotatable bonds is 0. The molecule has 0 aliphatic carbocycles. The first-order valence-electron chi connectivity index (χ1n) is 4.49. The van der Waals surface area contributed by atoms with E-state index in [0.29, 0.717) is 0 Å². The average Bonchev–Trinajstić information content (AvgIpc) is 3.10. The molecule has 82 valence electrons. The first-order valence-corrected chi connectivity index (χ1v) is 5.43. The maximum absolute atomic E-state index is 4.58. The summed E-state index contributed by atoms with van der Waals surface area (Å²) in [6.45, 7) is 0. The summed E-state index contributed by atoms with van der Waals surface area (Å²) in [5.41, 5.74) is 1.79. The van der Waals surface area contributed by atoms with E-state index < -0.39 is 0 Å². The molecule has 0 fully saturated rings. The van der Waals surface area contributed by atoms with Crippen molar-refractivity contribution in [2.75, 3.05) is 0 Å². The third-order valence-electron chi connectivity index (χ3n) is 1.25. The smallest absolute Gasteiger partial charge is 0.115 e. The molecule has 3 aromatic rings. The van der Waals surface area contributed by atoms with Crippen molar-refractivity contribution < 1.29 is 4.42 Å². The van der Waals surface area contributed by atoms with E-state index in [9.17, 15) is 0 Å². The van der Waals surface area contributed by atoms with Gasteiger partial charge in [-0.05, 0) is 18.2 Å². The van der Waals surface area contributed by atoms with Crippen LogP contribution in [0.4, 0.5) is 0 Å². The van der Waals surface area contributed by atoms with Crippen LogP contribution in [0.1, 0.15) is 0 Å². The Kier molecular flexibility index (Phi) is 7.19. The highest BCUT2D eigenvalue weighted by molar-refractivity contribution is 7.07. The fraction of sp³-hybridized carbons (Fsp3) is 0. The fourth-order valence-electron chi connectivity index (χ4n) is 0.656. The van der Waals surface area contributed by atoms with Crippen LogP contribution < -0.4 is 0 Å². The Labute approximate surface area is 97.7 Å². The van der Waals surface area contributed by atoms with Crippen molar-refractivity contribution in [2.24, 2.45) is 0 Å². The standard InChI is InChI=1S/C4H4N2.C4H4O.C3H3NS/c1-2-5-4-6-3-1;1-2-4-5-3-1;1-2-5-3-4-1/h1-4H;1-4H;1-3H. The molecule has 5 heteroatoms. The molecular formula is C11H11N3OS. The van der Waals surface area contributed by atoms with Gasteiger partial charge in [0.25, 0.3) is 0 Å². The van der Waals surface area contributed by atoms with Gasteiger partial charge >= 0.3 is 0 Å². The minimum atomic E-state index is 1.50. The van der Waals surface area contributed by atoms with Crippen LogP contribution in [-0.4, -0.2) is 15.0 Å². The van der Waals surface area contributed by atoms with Gasteiger partial charge in [-0.3, -0.25) is 4.98 Å². The van der Waals surface area contributed by atoms with Gasteiger partial charge < -0.3 is 4.42 Å². The van der Waals surface area contributed by atoms with Gasteiger partial charge in [0.1, 0.15) is 6.33 Å². The Balaban J connectivity index is 0.000000121. The first-order chi connectivity index (χ1) is 8.00. The lowest BCUT2D eigenvalue weighted by atomic mass is 10.7. The molecule has 16 heavy (non-hydrogen) atoms. The number of nitrogens with zero attached hydrogens (tertiary/aromatic N) is 3. The number of thiazole rings is 1. The van der Waals surface area contributed by atoms with Crippen LogP contribution in [0.2, 0.25) is 0 Å². The molecular weight excluding hydrogens is 222 g/mol. The second-order valence-electron chi connectivity index (χ2n) is 2.37. The maximum atomic E-state index is 4.58. The molecule has 0 bridgehead atoms. The molecule has 0 unspecified atom stereocenters. The Morgan fingerprint density at radius 2 is 1.56 bits per heavy atom. The Hall–Kier alpha value is -2.01. The minimum Gasteiger partial charge on any atom is -0.473 e. The zero-order valence-electron chi connectivity index (χ0n) is 8.51. The molecule has 3 rings (SSSR count). The molecule has 0 spiro atoms. The maximum Gasteiger partial charge on any atom is 0.115 e. The van der Waals surface area contributed by atoms with Crippen LogP contribution in [0.15, 0.2) is 71.0 Å². The zero-order chi connectivity index (χ0) is 11.3. The Morgan fingerprint density at radius 3 is 1.75 bits per heavy atom. The van der Waals surface area contributed by atoms with E-state index in [0.717, 1.165) is 0 Å². The average molecular weight is 233 g/mol. The van der Waals surface area contributed by atoms with Crippen molar-refractivity contribution in [1.82, 2.24) is 15.0 Å². The van der Waals surface area contributed by atoms with Gasteiger partial charge in [-0.25, -0.2) is 9.97 Å². The van der Waals surface area contributed by atoms with E-state index in [-0.39, 0.29) is 0 Å². The van der Waals surface area contributed by atoms with Crippen molar-refractivity contribution in [3.63, 3.8) is 0 Å². The molecule has 0 saturated heterocycles. The van der Waals surface area contributed by atoms with Crippen molar-refractivity contribution in [3.05, 3.63) is 66.5 Å². The lowest BCUT2D eigenvalue weighted by molar-refractivity contribution is 0.567. The van der Waals surface area contributed by atoms with Crippen LogP contribution in [-0.2, 0) is 0 Å². The molecule has 0 atom stereocenters. The highest BCUT2D eigenvalue weighted by Crippen LogP contribution is 1.85. The van der Waals surface area contributed by atoms with E-state index in [1.165, 1.54) is 6.33 Å². The monoisotopic (exact) mass is 233 g/mol. The molecule has 0 saturated carbocycles. The molecule has 3 heterocycles. The quantitative estimate of drug-likeness (QED) is 0.599. The molecule has 0 radical (unpaired) electrons. The summed E-state index contributed by atoms with van der Waals surface area (Å²) in [4.78, 5) is 11.1. The van der Waals surface area contributed by atoms with Gasteiger partial charge in [0, 0.05) is 24.0 Å². The van der Waals surface area contributed by atoms with Crippen molar-refractivity contribution in [3.8, 4) is 0 Å². The van der Waals surface area contributed by atoms with Crippen molar-refractivity contribution in [2.45, 2.75) is 0 Å². The van der Waals surface area contributed by atoms with Crippen molar-refractivity contribution >= 4 is 11.3 Å². The summed E-state index contributed by atoms with van der Waals surface area (Å²) >= 11 is 1.60. The molecule has 4 nitrogen and oxygen atoms in total. The fourth-order valence-corrected chi connectivity index (χ4v) is 1.01. The van der Waals surface area contributed by atoms with E-state index in [2.05, 4.69) is 19.4 Å². The SMILES string of the molecule is c1ccoc1.c1cncnc1.c1cscn1. The molecule has 3 aromatic heterocycles. The number of hydrogen-bond donors (Lipinski definition) is 0. The van der Waals surface area contributed by atoms with Crippen LogP contribution in [0, 0.1) is 0 Å². The molecule has 0 aliphatic heterocycles. The van der Waals surface area contributed by atoms with Gasteiger partial charge in [-0.2, -0.15) is 0 Å². The summed E-state index contributed by atoms with van der Waals surface area (Å²) in [7, 11) is 0. The number of hydrogen-bond acceptors (Lipinski definition) is 5. The van der Waals surface area contributed by atoms with E-state index in [1.807, 2.05) is 17.5 Å². The largest absolute Gasteiger partial charge is 0.473 e. The molecule has 0 amide bonds. The lowest BCUT2D eigenvalue weighted by Gasteiger charge is -1.70. The van der Waals surface area contributed by atoms with E-state index in [4.69, 9.17) is 0 Å². The summed E-state index contributed by atoms with van der Waals surface area (Å²) in [5, 5.41) is 1.93. The predicted molar refractivity (Wildman–Crippen MR) is 62.9 cm³/mol. The van der Waals surface area contributed by atoms with Crippen LogP contribution in [0.3, 0.4) is 0 Å². The molecule has 0 aliphatic rings. The molecule has 0 aromatic carbocycles. The van der Waals surface area contributed by atoms with Crippen molar-refractivity contribution in [1.29, 1.82) is 0 Å². The topological polar surface area (TPSA) is 51.8 Å². The Bertz CT molecular complexity index is 313. The summed E-state index contributed by atoms with van der Waals surface area (Å²) < 4.78 is 4.58. The lowest BCUT2D eigenvalue weighted by Crippen LogP contribution is -1.66. The third kappa shape index (κ3) is 7.40. The second kappa shape index (κ2) is 9.54. The van der Waals surface area contributed by atoms with Gasteiger partial charge in [0.05, 0.1) is 18.0 Å². The Morgan fingerprint density at radius 1 is 0.812 bits per heavy atom. The van der Waals surface area contributed by atoms with Crippen LogP contribution in [0.5, 0.6) is 0 Å². The summed E-state index contributed by atoms with van der Waals surface area (Å²) in [5.74, 6) is 0. The third-order valence-corrected chi connectivity index (χ3v) is 1.77. The number of furan rings is 1. The number of aromatic nitrogens is 3. The van der Waals surface area contributed by atoms with Gasteiger partial charge in [-0.1, -0.05) is 0 Å². The first kappa shape index (κ1) is 12.1. The zero-order valence-corrected chi connectivity index (χ0v) is 9.33. The van der Waals surface area contributed by atoms with E-state index in [1.54, 1.807) is 54.0 Å².